The number of aliphatic carboxylic acids is 1. The molecule has 0 amide bonds. The number of anilines is 2. The zero-order chi connectivity index (χ0) is 30.7. The van der Waals surface area contributed by atoms with Gasteiger partial charge < -0.3 is 15.2 Å². The Morgan fingerprint density at radius 3 is 2.67 bits per heavy atom. The van der Waals surface area contributed by atoms with Crippen molar-refractivity contribution in [2.75, 3.05) is 5.32 Å². The summed E-state index contributed by atoms with van der Waals surface area (Å²) >= 11 is 8.20. The molecule has 3 aromatic heterocycles. The lowest BCUT2D eigenvalue weighted by atomic mass is 9.95. The molecule has 0 fully saturated rings. The third-order valence-corrected chi connectivity index (χ3v) is 8.02. The molecule has 1 aliphatic carbocycles. The van der Waals surface area contributed by atoms with E-state index in [0.717, 1.165) is 53.1 Å². The van der Waals surface area contributed by atoms with Gasteiger partial charge in [0.2, 0.25) is 0 Å². The van der Waals surface area contributed by atoms with Crippen LogP contribution in [0.25, 0.3) is 20.7 Å². The average molecular weight is 634 g/mol. The van der Waals surface area contributed by atoms with E-state index in [4.69, 9.17) is 26.2 Å². The molecule has 0 unspecified atom stereocenters. The Labute approximate surface area is 251 Å². The number of thiophene rings is 1. The summed E-state index contributed by atoms with van der Waals surface area (Å²) in [5.74, 6) is -1.76. The number of hydrogen-bond donors (Lipinski definition) is 2. The summed E-state index contributed by atoms with van der Waals surface area (Å²) < 4.78 is 53.1. The number of aromatic nitrogens is 4. The van der Waals surface area contributed by atoms with Gasteiger partial charge in [0.05, 0.1) is 16.6 Å². The van der Waals surface area contributed by atoms with Crippen molar-refractivity contribution in [2.45, 2.75) is 45.5 Å². The fourth-order valence-electron chi connectivity index (χ4n) is 4.67. The maximum atomic E-state index is 13.4. The number of rotatable bonds is 7. The highest BCUT2D eigenvalue weighted by Gasteiger charge is 2.38. The molecule has 3 heterocycles. The predicted molar refractivity (Wildman–Crippen MR) is 155 cm³/mol. The number of halogens is 5. The fourth-order valence-corrected chi connectivity index (χ4v) is 6.13. The highest BCUT2D eigenvalue weighted by molar-refractivity contribution is 7.22. The molecule has 1 aliphatic rings. The van der Waals surface area contributed by atoms with Gasteiger partial charge >= 0.3 is 12.1 Å². The summed E-state index contributed by atoms with van der Waals surface area (Å²) in [6.07, 6.45) is 1.43. The van der Waals surface area contributed by atoms with Crippen LogP contribution >= 0.6 is 22.9 Å². The van der Waals surface area contributed by atoms with Crippen LogP contribution in [0.4, 0.5) is 29.1 Å². The van der Waals surface area contributed by atoms with Crippen LogP contribution in [0.5, 0.6) is 5.75 Å². The molecular formula is C29H24ClF4N5O3S. The van der Waals surface area contributed by atoms with Gasteiger partial charge in [0.25, 0.3) is 0 Å². The fraction of sp³-hybridized carbons (Fsp3) is 0.241. The monoisotopic (exact) mass is 633 g/mol. The van der Waals surface area contributed by atoms with E-state index >= 15 is 0 Å². The van der Waals surface area contributed by atoms with E-state index in [1.54, 1.807) is 29.8 Å². The maximum absolute atomic E-state index is 13.4. The molecule has 0 saturated heterocycles. The maximum Gasteiger partial charge on any atom is 0.490 e. The van der Waals surface area contributed by atoms with Crippen molar-refractivity contribution >= 4 is 50.6 Å². The molecular weight excluding hydrogens is 610 g/mol. The number of fused-ring (bicyclic) bond motifs is 5. The molecule has 0 saturated carbocycles. The number of aryl methyl sites for hydroxylation is 2. The van der Waals surface area contributed by atoms with Gasteiger partial charge in [-0.05, 0) is 60.7 Å². The van der Waals surface area contributed by atoms with Crippen LogP contribution in [0.3, 0.4) is 0 Å². The van der Waals surface area contributed by atoms with Gasteiger partial charge in [0.1, 0.15) is 35.1 Å². The summed E-state index contributed by atoms with van der Waals surface area (Å²) in [5, 5.41) is 16.7. The van der Waals surface area contributed by atoms with Gasteiger partial charge in [0, 0.05) is 28.4 Å². The van der Waals surface area contributed by atoms with E-state index < -0.39 is 12.1 Å². The average Bonchev–Trinajstić information content (AvgIpc) is 3.55. The number of carbonyl (C=O) groups is 1. The Morgan fingerprint density at radius 1 is 1.19 bits per heavy atom. The summed E-state index contributed by atoms with van der Waals surface area (Å²) in [6, 6.07) is 11.8. The van der Waals surface area contributed by atoms with Crippen LogP contribution in [-0.4, -0.2) is 37.0 Å². The van der Waals surface area contributed by atoms with Gasteiger partial charge in [-0.1, -0.05) is 30.7 Å². The Morgan fingerprint density at radius 2 is 1.98 bits per heavy atom. The minimum Gasteiger partial charge on any atom is -0.487 e. The second-order valence-corrected chi connectivity index (χ2v) is 10.9. The zero-order valence-corrected chi connectivity index (χ0v) is 24.2. The topological polar surface area (TPSA) is 102 Å². The number of carboxylic acid groups (broad SMARTS) is 1. The van der Waals surface area contributed by atoms with E-state index in [0.29, 0.717) is 10.8 Å². The Bertz CT molecular complexity index is 1790. The summed E-state index contributed by atoms with van der Waals surface area (Å²) in [6.45, 7) is 3.34. The van der Waals surface area contributed by atoms with Gasteiger partial charge in [-0.2, -0.15) is 18.3 Å². The van der Waals surface area contributed by atoms with Gasteiger partial charge in [-0.3, -0.25) is 4.68 Å². The van der Waals surface area contributed by atoms with Crippen molar-refractivity contribution in [2.24, 2.45) is 0 Å². The first-order valence-electron chi connectivity index (χ1n) is 13.1. The van der Waals surface area contributed by atoms with E-state index in [2.05, 4.69) is 32.0 Å². The Hall–Kier alpha value is -4.23. The second kappa shape index (κ2) is 12.6. The van der Waals surface area contributed by atoms with Crippen LogP contribution in [0.2, 0.25) is 5.02 Å². The van der Waals surface area contributed by atoms with Crippen molar-refractivity contribution < 1.29 is 32.2 Å². The number of benzene rings is 2. The zero-order valence-electron chi connectivity index (χ0n) is 22.6. The minimum atomic E-state index is -5.08. The van der Waals surface area contributed by atoms with E-state index in [-0.39, 0.29) is 12.4 Å². The Kier molecular flexibility index (Phi) is 8.83. The first-order valence-corrected chi connectivity index (χ1v) is 14.3. The van der Waals surface area contributed by atoms with Crippen molar-refractivity contribution in [3.63, 3.8) is 0 Å². The van der Waals surface area contributed by atoms with Gasteiger partial charge in [0.15, 0.2) is 0 Å². The molecule has 0 bridgehead atoms. The van der Waals surface area contributed by atoms with E-state index in [1.165, 1.54) is 33.8 Å². The van der Waals surface area contributed by atoms with Crippen LogP contribution in [0.1, 0.15) is 30.2 Å². The molecule has 2 aromatic carbocycles. The van der Waals surface area contributed by atoms with Crippen molar-refractivity contribution in [3.05, 3.63) is 82.6 Å². The highest BCUT2D eigenvalue weighted by atomic mass is 35.5. The van der Waals surface area contributed by atoms with Crippen LogP contribution in [0.15, 0.2) is 55.0 Å². The molecule has 8 nitrogen and oxygen atoms in total. The first-order chi connectivity index (χ1) is 20.5. The number of hydrogen-bond acceptors (Lipinski definition) is 7. The lowest BCUT2D eigenvalue weighted by Gasteiger charge is -2.16. The Balaban J connectivity index is 0.000000472. The molecule has 6 rings (SSSR count). The normalized spacial score (nSPS) is 12.2. The number of nitrogens with one attached hydrogen (secondary N) is 1. The van der Waals surface area contributed by atoms with Crippen molar-refractivity contribution in [1.29, 1.82) is 0 Å². The predicted octanol–water partition coefficient (Wildman–Crippen LogP) is 7.81. The molecule has 14 heteroatoms. The molecule has 2 N–H and O–H groups in total. The van der Waals surface area contributed by atoms with Crippen molar-refractivity contribution in [3.8, 4) is 16.2 Å². The lowest BCUT2D eigenvalue weighted by molar-refractivity contribution is -0.192. The quantitative estimate of drug-likeness (QED) is 0.176. The largest absolute Gasteiger partial charge is 0.490 e. The third kappa shape index (κ3) is 6.73. The van der Waals surface area contributed by atoms with E-state index in [9.17, 15) is 17.6 Å². The third-order valence-electron chi connectivity index (χ3n) is 6.55. The van der Waals surface area contributed by atoms with Gasteiger partial charge in [-0.15, -0.1) is 11.3 Å². The smallest absolute Gasteiger partial charge is 0.487 e. The first kappa shape index (κ1) is 30.2. The summed E-state index contributed by atoms with van der Waals surface area (Å²) in [7, 11) is 0. The second-order valence-electron chi connectivity index (χ2n) is 9.53. The number of carboxylic acids is 1. The number of nitrogens with zero attached hydrogens (tertiary/aromatic N) is 4. The van der Waals surface area contributed by atoms with Gasteiger partial charge in [-0.25, -0.2) is 19.2 Å². The molecule has 5 aromatic rings. The lowest BCUT2D eigenvalue weighted by Crippen LogP contribution is -2.21. The van der Waals surface area contributed by atoms with Crippen LogP contribution in [0, 0.1) is 5.82 Å². The molecule has 224 valence electrons. The highest BCUT2D eigenvalue weighted by Crippen LogP contribution is 2.45. The molecule has 0 atom stereocenters. The standard InChI is InChI=1S/C27H23ClFN5OS.C2HF3O2/c1-2-10-34-22-8-7-19-24-26(30-15-31-27(24)36-25(19)20(22)13-32-34)33-18-6-9-23(21(28)12-18)35-14-16-4-3-5-17(29)11-16;3-2(4,5)1(6)7/h3-6,9,11-13,15H,2,7-8,10,14H2,1H3,(H,30,31,33);(H,6,7). The molecule has 43 heavy (non-hydrogen) atoms. The number of alkyl halides is 3. The summed E-state index contributed by atoms with van der Waals surface area (Å²) in [5.41, 5.74) is 5.32. The minimum absolute atomic E-state index is 0.231. The molecule has 0 aliphatic heterocycles. The van der Waals surface area contributed by atoms with E-state index in [1.807, 2.05) is 24.4 Å². The van der Waals surface area contributed by atoms with Crippen LogP contribution in [-0.2, 0) is 30.8 Å². The number of ether oxygens (including phenoxy) is 1. The van der Waals surface area contributed by atoms with Crippen molar-refractivity contribution in [1.82, 2.24) is 19.7 Å². The molecule has 0 spiro atoms. The SMILES string of the molecule is CCCn1ncc2c1CCc1c-2sc2ncnc(Nc3ccc(OCc4cccc(F)c4)c(Cl)c3)c12.O=C(O)C(F)(F)F. The summed E-state index contributed by atoms with van der Waals surface area (Å²) in [4.78, 5) is 20.2. The molecule has 0 radical (unpaired) electrons. The van der Waals surface area contributed by atoms with Crippen LogP contribution < -0.4 is 10.1 Å².